The zero-order valence-corrected chi connectivity index (χ0v) is 11.5. The van der Waals surface area contributed by atoms with Crippen molar-refractivity contribution in [2.24, 2.45) is 0 Å². The maximum absolute atomic E-state index is 12.3. The molecule has 1 amide bonds. The number of hydrogen-bond acceptors (Lipinski definition) is 3. The summed E-state index contributed by atoms with van der Waals surface area (Å²) >= 11 is 0. The third-order valence-electron chi connectivity index (χ3n) is 3.91. The molecule has 2 atom stereocenters. The molecule has 0 spiro atoms. The van der Waals surface area contributed by atoms with Gasteiger partial charge < -0.3 is 15.0 Å². The van der Waals surface area contributed by atoms with Crippen molar-refractivity contribution < 1.29 is 9.53 Å². The highest BCUT2D eigenvalue weighted by molar-refractivity contribution is 5.80. The van der Waals surface area contributed by atoms with Gasteiger partial charge in [-0.15, -0.1) is 0 Å². The number of ether oxygens (including phenoxy) is 1. The quantitative estimate of drug-likeness (QED) is 0.831. The predicted molar refractivity (Wildman–Crippen MR) is 71.5 cm³/mol. The molecule has 4 heteroatoms. The lowest BCUT2D eigenvalue weighted by molar-refractivity contribution is -0.146. The lowest BCUT2D eigenvalue weighted by atomic mass is 10.1. The van der Waals surface area contributed by atoms with Crippen LogP contribution in [0.4, 0.5) is 0 Å². The van der Waals surface area contributed by atoms with Crippen molar-refractivity contribution in [3.05, 3.63) is 0 Å². The second kappa shape index (κ2) is 7.10. The predicted octanol–water partition coefficient (Wildman–Crippen LogP) is 1.55. The maximum atomic E-state index is 12.3. The van der Waals surface area contributed by atoms with Crippen LogP contribution in [0.5, 0.6) is 0 Å². The minimum atomic E-state index is -0.284. The fourth-order valence-corrected chi connectivity index (χ4v) is 2.83. The van der Waals surface area contributed by atoms with Crippen molar-refractivity contribution in [3.8, 4) is 0 Å². The van der Waals surface area contributed by atoms with E-state index in [0.717, 1.165) is 51.9 Å². The summed E-state index contributed by atoms with van der Waals surface area (Å²) in [6.45, 7) is 5.69. The molecule has 0 bridgehead atoms. The highest BCUT2D eigenvalue weighted by atomic mass is 16.5. The minimum absolute atomic E-state index is 0.183. The van der Waals surface area contributed by atoms with Gasteiger partial charge in [-0.25, -0.2) is 0 Å². The van der Waals surface area contributed by atoms with Crippen LogP contribution in [0.2, 0.25) is 0 Å². The van der Waals surface area contributed by atoms with Gasteiger partial charge in [-0.3, -0.25) is 4.79 Å². The van der Waals surface area contributed by atoms with Crippen LogP contribution in [-0.4, -0.2) is 49.2 Å². The number of carbonyl (C=O) groups is 1. The van der Waals surface area contributed by atoms with Gasteiger partial charge in [-0.1, -0.05) is 12.8 Å². The molecule has 0 aromatic carbocycles. The Bertz CT molecular complexity index is 257. The average molecular weight is 254 g/mol. The standard InChI is InChI=1S/C14H26N2O2/c1-12(18-13-7-6-8-15-11-13)14(17)16-9-4-2-3-5-10-16/h12-13,15H,2-11H2,1H3/t12?,13-/m0/s1. The molecule has 2 heterocycles. The number of likely N-dealkylation sites (tertiary alicyclic amines) is 1. The van der Waals surface area contributed by atoms with Crippen molar-refractivity contribution in [1.29, 1.82) is 0 Å². The van der Waals surface area contributed by atoms with Gasteiger partial charge in [-0.05, 0) is 39.2 Å². The summed E-state index contributed by atoms with van der Waals surface area (Å²) in [5.41, 5.74) is 0. The van der Waals surface area contributed by atoms with Crippen molar-refractivity contribution >= 4 is 5.91 Å². The van der Waals surface area contributed by atoms with Gasteiger partial charge in [0.2, 0.25) is 0 Å². The summed E-state index contributed by atoms with van der Waals surface area (Å²) in [7, 11) is 0. The molecule has 1 unspecified atom stereocenters. The molecule has 0 aromatic heterocycles. The second-order valence-corrected chi connectivity index (χ2v) is 5.49. The fourth-order valence-electron chi connectivity index (χ4n) is 2.83. The van der Waals surface area contributed by atoms with Crippen molar-refractivity contribution in [2.45, 2.75) is 57.7 Å². The number of piperidine rings is 1. The molecule has 4 nitrogen and oxygen atoms in total. The molecule has 104 valence electrons. The molecule has 2 aliphatic rings. The summed E-state index contributed by atoms with van der Waals surface area (Å²) in [6, 6.07) is 0. The second-order valence-electron chi connectivity index (χ2n) is 5.49. The zero-order chi connectivity index (χ0) is 12.8. The van der Waals surface area contributed by atoms with Crippen LogP contribution in [0, 0.1) is 0 Å². The molecular formula is C14H26N2O2. The molecule has 0 aromatic rings. The Morgan fingerprint density at radius 1 is 1.22 bits per heavy atom. The van der Waals surface area contributed by atoms with E-state index in [1.165, 1.54) is 12.8 Å². The number of nitrogens with one attached hydrogen (secondary N) is 1. The molecule has 2 aliphatic heterocycles. The van der Waals surface area contributed by atoms with Gasteiger partial charge in [0.25, 0.3) is 5.91 Å². The van der Waals surface area contributed by atoms with Gasteiger partial charge in [0.1, 0.15) is 6.10 Å². The van der Waals surface area contributed by atoms with E-state index in [-0.39, 0.29) is 18.1 Å². The summed E-state index contributed by atoms with van der Waals surface area (Å²) in [6.07, 6.45) is 6.95. The van der Waals surface area contributed by atoms with Gasteiger partial charge >= 0.3 is 0 Å². The lowest BCUT2D eigenvalue weighted by Gasteiger charge is -2.29. The number of hydrogen-bond donors (Lipinski definition) is 1. The number of rotatable bonds is 3. The molecule has 2 rings (SSSR count). The SMILES string of the molecule is CC(O[C@H]1CCCNC1)C(=O)N1CCCCCC1. The van der Waals surface area contributed by atoms with Crippen LogP contribution in [0.25, 0.3) is 0 Å². The van der Waals surface area contributed by atoms with E-state index in [2.05, 4.69) is 5.32 Å². The van der Waals surface area contributed by atoms with Crippen LogP contribution in [0.1, 0.15) is 45.4 Å². The van der Waals surface area contributed by atoms with Gasteiger partial charge in [0, 0.05) is 19.6 Å². The van der Waals surface area contributed by atoms with Crippen LogP contribution >= 0.6 is 0 Å². The van der Waals surface area contributed by atoms with E-state index in [1.54, 1.807) is 0 Å². The Morgan fingerprint density at radius 2 is 1.94 bits per heavy atom. The van der Waals surface area contributed by atoms with E-state index in [1.807, 2.05) is 11.8 Å². The normalized spacial score (nSPS) is 27.6. The van der Waals surface area contributed by atoms with E-state index >= 15 is 0 Å². The molecule has 0 aliphatic carbocycles. The van der Waals surface area contributed by atoms with Crippen molar-refractivity contribution in [3.63, 3.8) is 0 Å². The summed E-state index contributed by atoms with van der Waals surface area (Å²) in [5, 5.41) is 3.32. The van der Waals surface area contributed by atoms with E-state index in [9.17, 15) is 4.79 Å². The lowest BCUT2D eigenvalue weighted by Crippen LogP contribution is -2.44. The van der Waals surface area contributed by atoms with Crippen LogP contribution in [-0.2, 0) is 9.53 Å². The maximum Gasteiger partial charge on any atom is 0.251 e. The number of nitrogens with zero attached hydrogens (tertiary/aromatic N) is 1. The molecule has 0 radical (unpaired) electrons. The van der Waals surface area contributed by atoms with Gasteiger partial charge in [0.15, 0.2) is 0 Å². The first kappa shape index (κ1) is 13.8. The monoisotopic (exact) mass is 254 g/mol. The van der Waals surface area contributed by atoms with E-state index in [4.69, 9.17) is 4.74 Å². The Labute approximate surface area is 110 Å². The molecule has 0 saturated carbocycles. The van der Waals surface area contributed by atoms with Crippen molar-refractivity contribution in [1.82, 2.24) is 10.2 Å². The Hall–Kier alpha value is -0.610. The first-order chi connectivity index (χ1) is 8.77. The van der Waals surface area contributed by atoms with Crippen molar-refractivity contribution in [2.75, 3.05) is 26.2 Å². The summed E-state index contributed by atoms with van der Waals surface area (Å²) in [5.74, 6) is 0.183. The largest absolute Gasteiger partial charge is 0.364 e. The molecule has 18 heavy (non-hydrogen) atoms. The average Bonchev–Trinajstić information content (AvgIpc) is 2.68. The summed E-state index contributed by atoms with van der Waals surface area (Å²) in [4.78, 5) is 14.3. The first-order valence-electron chi connectivity index (χ1n) is 7.42. The minimum Gasteiger partial charge on any atom is -0.364 e. The smallest absolute Gasteiger partial charge is 0.251 e. The molecule has 2 saturated heterocycles. The van der Waals surface area contributed by atoms with E-state index in [0.29, 0.717) is 0 Å². The third-order valence-corrected chi connectivity index (χ3v) is 3.91. The zero-order valence-electron chi connectivity index (χ0n) is 11.5. The molecule has 1 N–H and O–H groups in total. The fraction of sp³-hybridized carbons (Fsp3) is 0.929. The molecule has 2 fully saturated rings. The highest BCUT2D eigenvalue weighted by Crippen LogP contribution is 2.14. The van der Waals surface area contributed by atoms with E-state index < -0.39 is 0 Å². The van der Waals surface area contributed by atoms with Crippen LogP contribution in [0.15, 0.2) is 0 Å². The van der Waals surface area contributed by atoms with Crippen LogP contribution < -0.4 is 5.32 Å². The highest BCUT2D eigenvalue weighted by Gasteiger charge is 2.25. The van der Waals surface area contributed by atoms with Gasteiger partial charge in [-0.2, -0.15) is 0 Å². The van der Waals surface area contributed by atoms with Gasteiger partial charge in [0.05, 0.1) is 6.10 Å². The van der Waals surface area contributed by atoms with Crippen LogP contribution in [0.3, 0.4) is 0 Å². The molecular weight excluding hydrogens is 228 g/mol. The topological polar surface area (TPSA) is 41.6 Å². The Morgan fingerprint density at radius 3 is 2.56 bits per heavy atom. The first-order valence-corrected chi connectivity index (χ1v) is 7.42. The third kappa shape index (κ3) is 3.95. The number of amides is 1. The Kier molecular flexibility index (Phi) is 5.45. The Balaban J connectivity index is 1.79. The summed E-state index contributed by atoms with van der Waals surface area (Å²) < 4.78 is 5.89. The number of carbonyl (C=O) groups excluding carboxylic acids is 1.